The Morgan fingerprint density at radius 3 is 2.34 bits per heavy atom. The van der Waals surface area contributed by atoms with E-state index in [4.69, 9.17) is 0 Å². The van der Waals surface area contributed by atoms with Crippen LogP contribution in [0.4, 0.5) is 0 Å². The molecule has 3 nitrogen and oxygen atoms in total. The van der Waals surface area contributed by atoms with Crippen molar-refractivity contribution >= 4 is 27.5 Å². The summed E-state index contributed by atoms with van der Waals surface area (Å²) in [4.78, 5) is 16.4. The van der Waals surface area contributed by atoms with Crippen molar-refractivity contribution in [2.45, 2.75) is 53.4 Å². The average molecular weight is 439 g/mol. The molecule has 0 aromatic heterocycles. The van der Waals surface area contributed by atoms with E-state index in [0.717, 1.165) is 50.4 Å². The van der Waals surface area contributed by atoms with Crippen LogP contribution in [-0.2, 0) is 4.79 Å². The highest BCUT2D eigenvalue weighted by Crippen LogP contribution is 2.21. The van der Waals surface area contributed by atoms with Gasteiger partial charge in [0.2, 0.25) is 5.91 Å². The van der Waals surface area contributed by atoms with Gasteiger partial charge in [-0.2, -0.15) is 0 Å². The van der Waals surface area contributed by atoms with Gasteiger partial charge in [-0.25, -0.2) is 0 Å². The molecule has 0 spiro atoms. The third-order valence-corrected chi connectivity index (χ3v) is 7.15. The number of hydrogen-bond acceptors (Lipinski definition) is 4. The fourth-order valence-corrected chi connectivity index (χ4v) is 4.32. The summed E-state index contributed by atoms with van der Waals surface area (Å²) < 4.78 is 0. The van der Waals surface area contributed by atoms with Crippen LogP contribution >= 0.6 is 21.6 Å². The second kappa shape index (κ2) is 19.1. The van der Waals surface area contributed by atoms with Crippen molar-refractivity contribution in [3.8, 4) is 0 Å². The molecular weight excluding hydrogens is 396 g/mol. The van der Waals surface area contributed by atoms with Crippen LogP contribution in [0.15, 0.2) is 47.6 Å². The van der Waals surface area contributed by atoms with E-state index in [1.165, 1.54) is 11.1 Å². The minimum absolute atomic E-state index is 0.279. The van der Waals surface area contributed by atoms with Gasteiger partial charge in [-0.3, -0.25) is 4.79 Å². The van der Waals surface area contributed by atoms with E-state index in [-0.39, 0.29) is 5.91 Å². The molecule has 0 radical (unpaired) electrons. The molecule has 5 heteroatoms. The predicted octanol–water partition coefficient (Wildman–Crippen LogP) is 6.36. The molecule has 0 saturated carbocycles. The molecule has 0 rings (SSSR count). The van der Waals surface area contributed by atoms with Crippen LogP contribution in [0, 0.1) is 0 Å². The molecule has 0 aliphatic rings. The van der Waals surface area contributed by atoms with Crippen LogP contribution in [0.1, 0.15) is 53.4 Å². The Balaban J connectivity index is 4.00. The van der Waals surface area contributed by atoms with Gasteiger partial charge < -0.3 is 9.80 Å². The maximum absolute atomic E-state index is 12.2. The van der Waals surface area contributed by atoms with E-state index >= 15 is 0 Å². The van der Waals surface area contributed by atoms with E-state index in [9.17, 15) is 4.79 Å². The summed E-state index contributed by atoms with van der Waals surface area (Å²) in [5.74, 6) is 2.58. The topological polar surface area (TPSA) is 23.6 Å². The van der Waals surface area contributed by atoms with Gasteiger partial charge >= 0.3 is 0 Å². The first-order valence-electron chi connectivity index (χ1n) is 10.7. The van der Waals surface area contributed by atoms with Crippen molar-refractivity contribution in [3.63, 3.8) is 0 Å². The van der Waals surface area contributed by atoms with Crippen LogP contribution in [0.25, 0.3) is 0 Å². The number of unbranched alkanes of at least 4 members (excludes halogenated alkanes) is 1. The Morgan fingerprint density at radius 2 is 1.69 bits per heavy atom. The van der Waals surface area contributed by atoms with E-state index in [0.29, 0.717) is 6.42 Å². The molecule has 0 heterocycles. The second-order valence-electron chi connectivity index (χ2n) is 7.17. The SMILES string of the molecule is C/C=C(\C=C/CN(C)CCCN(C)C(=O)CCCCSSCC)/C=C/C(C)=C/C. The van der Waals surface area contributed by atoms with Gasteiger partial charge in [0.15, 0.2) is 0 Å². The van der Waals surface area contributed by atoms with Gasteiger partial charge in [-0.05, 0) is 59.2 Å². The average Bonchev–Trinajstić information content (AvgIpc) is 2.72. The normalized spacial score (nSPS) is 13.2. The first-order valence-corrected chi connectivity index (χ1v) is 13.2. The molecule has 0 atom stereocenters. The number of rotatable bonds is 16. The zero-order valence-corrected chi connectivity index (χ0v) is 21.1. The van der Waals surface area contributed by atoms with Crippen LogP contribution < -0.4 is 0 Å². The highest BCUT2D eigenvalue weighted by molar-refractivity contribution is 8.76. The smallest absolute Gasteiger partial charge is 0.222 e. The van der Waals surface area contributed by atoms with Crippen molar-refractivity contribution in [2.75, 3.05) is 45.2 Å². The number of hydrogen-bond donors (Lipinski definition) is 0. The lowest BCUT2D eigenvalue weighted by molar-refractivity contribution is -0.130. The first kappa shape index (κ1) is 28.1. The predicted molar refractivity (Wildman–Crippen MR) is 136 cm³/mol. The number of likely N-dealkylation sites (N-methyl/N-ethyl adjacent to an activating group) is 1. The molecule has 0 N–H and O–H groups in total. The lowest BCUT2D eigenvalue weighted by Gasteiger charge is -2.20. The number of carbonyl (C=O) groups excluding carboxylic acids is 1. The zero-order valence-electron chi connectivity index (χ0n) is 19.4. The Bertz CT molecular complexity index is 553. The standard InChI is InChI=1S/C24H42N2OS2/c1-7-22(4)16-17-23(8-2)14-12-18-25(5)19-13-20-26(6)24(27)15-10-11-21-29-28-9-3/h7-8,12,14,16-17H,9-11,13,15,18-21H2,1-6H3/b14-12-,17-16+,22-7+,23-8+. The Kier molecular flexibility index (Phi) is 18.5. The zero-order chi connectivity index (χ0) is 21.9. The number of nitrogens with zero attached hydrogens (tertiary/aromatic N) is 2. The molecule has 0 aliphatic carbocycles. The molecule has 1 amide bonds. The fraction of sp³-hybridized carbons (Fsp3) is 0.625. The molecule has 0 fully saturated rings. The van der Waals surface area contributed by atoms with Gasteiger partial charge in [-0.1, -0.05) is 70.5 Å². The largest absolute Gasteiger partial charge is 0.346 e. The van der Waals surface area contributed by atoms with Crippen LogP contribution in [0.2, 0.25) is 0 Å². The highest BCUT2D eigenvalue weighted by Gasteiger charge is 2.08. The van der Waals surface area contributed by atoms with Gasteiger partial charge in [0.25, 0.3) is 0 Å². The lowest BCUT2D eigenvalue weighted by Crippen LogP contribution is -2.30. The number of allylic oxidation sites excluding steroid dienone is 7. The summed E-state index contributed by atoms with van der Waals surface area (Å²) in [6.45, 7) is 11.1. The van der Waals surface area contributed by atoms with Crippen molar-refractivity contribution in [3.05, 3.63) is 47.6 Å². The van der Waals surface area contributed by atoms with Crippen LogP contribution in [0.5, 0.6) is 0 Å². The Hall–Kier alpha value is -0.910. The molecule has 0 aromatic carbocycles. The third-order valence-electron chi connectivity index (χ3n) is 4.58. The highest BCUT2D eigenvalue weighted by atomic mass is 33.1. The first-order chi connectivity index (χ1) is 13.9. The second-order valence-corrected chi connectivity index (χ2v) is 10.0. The summed E-state index contributed by atoms with van der Waals surface area (Å²) in [6, 6.07) is 0. The summed E-state index contributed by atoms with van der Waals surface area (Å²) in [6.07, 6.45) is 16.7. The molecule has 0 bridgehead atoms. The molecule has 0 aromatic rings. The molecular formula is C24H42N2OS2. The summed E-state index contributed by atoms with van der Waals surface area (Å²) in [7, 11) is 7.88. The maximum Gasteiger partial charge on any atom is 0.222 e. The van der Waals surface area contributed by atoms with E-state index in [1.54, 1.807) is 0 Å². The molecule has 0 aliphatic heterocycles. The minimum atomic E-state index is 0.279. The molecule has 0 saturated heterocycles. The van der Waals surface area contributed by atoms with Gasteiger partial charge in [0.1, 0.15) is 0 Å². The van der Waals surface area contributed by atoms with Crippen LogP contribution in [-0.4, -0.2) is 60.9 Å². The Morgan fingerprint density at radius 1 is 0.931 bits per heavy atom. The lowest BCUT2D eigenvalue weighted by atomic mass is 10.1. The third kappa shape index (κ3) is 16.6. The van der Waals surface area contributed by atoms with Crippen molar-refractivity contribution in [2.24, 2.45) is 0 Å². The Labute approximate surface area is 188 Å². The minimum Gasteiger partial charge on any atom is -0.346 e. The summed E-state index contributed by atoms with van der Waals surface area (Å²) >= 11 is 0. The summed E-state index contributed by atoms with van der Waals surface area (Å²) in [5.41, 5.74) is 2.49. The van der Waals surface area contributed by atoms with Crippen LogP contribution in [0.3, 0.4) is 0 Å². The quantitative estimate of drug-likeness (QED) is 0.159. The fourth-order valence-electron chi connectivity index (χ4n) is 2.50. The molecule has 0 unspecified atom stereocenters. The molecule has 166 valence electrons. The van der Waals surface area contributed by atoms with Gasteiger partial charge in [0, 0.05) is 38.1 Å². The van der Waals surface area contributed by atoms with Gasteiger partial charge in [0.05, 0.1) is 0 Å². The maximum atomic E-state index is 12.2. The van der Waals surface area contributed by atoms with E-state index < -0.39 is 0 Å². The number of carbonyl (C=O) groups is 1. The molecule has 29 heavy (non-hydrogen) atoms. The van der Waals surface area contributed by atoms with E-state index in [1.807, 2.05) is 33.5 Å². The van der Waals surface area contributed by atoms with Crippen molar-refractivity contribution in [1.29, 1.82) is 0 Å². The van der Waals surface area contributed by atoms with Crippen molar-refractivity contribution < 1.29 is 4.79 Å². The monoisotopic (exact) mass is 438 g/mol. The van der Waals surface area contributed by atoms with Crippen molar-refractivity contribution in [1.82, 2.24) is 9.80 Å². The summed E-state index contributed by atoms with van der Waals surface area (Å²) in [5, 5.41) is 0. The van der Waals surface area contributed by atoms with E-state index in [2.05, 4.69) is 76.1 Å². The van der Waals surface area contributed by atoms with Gasteiger partial charge in [-0.15, -0.1) is 0 Å². The number of amides is 1.